The highest BCUT2D eigenvalue weighted by Gasteiger charge is 2.16. The van der Waals surface area contributed by atoms with Crippen LogP contribution in [-0.2, 0) is 6.42 Å². The van der Waals surface area contributed by atoms with Gasteiger partial charge in [0.25, 0.3) is 0 Å². The van der Waals surface area contributed by atoms with Crippen molar-refractivity contribution in [1.82, 2.24) is 4.98 Å². The highest BCUT2D eigenvalue weighted by atomic mass is 79.9. The fourth-order valence-electron chi connectivity index (χ4n) is 3.34. The van der Waals surface area contributed by atoms with Crippen LogP contribution in [0, 0.1) is 13.8 Å². The average molecular weight is 406 g/mol. The van der Waals surface area contributed by atoms with Gasteiger partial charge in [0.1, 0.15) is 0 Å². The Hall–Kier alpha value is -1.29. The monoisotopic (exact) mass is 404 g/mol. The Bertz CT molecular complexity index is 863. The highest BCUT2D eigenvalue weighted by molar-refractivity contribution is 9.10. The van der Waals surface area contributed by atoms with Crippen LogP contribution in [0.4, 0.5) is 0 Å². The minimum absolute atomic E-state index is 0.728. The third-order valence-corrected chi connectivity index (χ3v) is 5.17. The fourth-order valence-corrected chi connectivity index (χ4v) is 4.25. The van der Waals surface area contributed by atoms with E-state index >= 15 is 0 Å². The summed E-state index contributed by atoms with van der Waals surface area (Å²) in [5.74, 6) is 0. The van der Waals surface area contributed by atoms with Gasteiger partial charge in [0.2, 0.25) is 0 Å². The predicted octanol–water partition coefficient (Wildman–Crippen LogP) is 6.15. The van der Waals surface area contributed by atoms with Gasteiger partial charge in [-0.25, -0.2) is 0 Å². The summed E-state index contributed by atoms with van der Waals surface area (Å²) in [6.07, 6.45) is 3.10. The van der Waals surface area contributed by atoms with E-state index in [2.05, 4.69) is 59.0 Å². The van der Waals surface area contributed by atoms with E-state index in [1.807, 2.05) is 6.07 Å². The number of benzene rings is 2. The van der Waals surface area contributed by atoms with Crippen LogP contribution in [0.25, 0.3) is 22.2 Å². The summed E-state index contributed by atoms with van der Waals surface area (Å²) in [6.45, 7) is 5.01. The van der Waals surface area contributed by atoms with Crippen molar-refractivity contribution in [2.45, 2.75) is 33.1 Å². The fraction of sp³-hybridized carbons (Fsp3) is 0.300. The number of unbranched alkanes of at least 4 members (excludes halogenated alkanes) is 1. The largest absolute Gasteiger partial charge is 0.353 e. The Morgan fingerprint density at radius 1 is 1.04 bits per heavy atom. The van der Waals surface area contributed by atoms with Crippen molar-refractivity contribution in [2.24, 2.45) is 5.73 Å². The molecule has 2 nitrogen and oxygen atoms in total. The third-order valence-electron chi connectivity index (χ3n) is 4.32. The SMILES string of the molecule is Cc1cc(C)cc(-c2[nH]c3c(Br)cc(Cl)cc3c2CCCCN)c1. The molecule has 0 unspecified atom stereocenters. The van der Waals surface area contributed by atoms with Gasteiger partial charge in [-0.1, -0.05) is 28.8 Å². The maximum absolute atomic E-state index is 6.30. The molecule has 0 bridgehead atoms. The molecule has 0 spiro atoms. The average Bonchev–Trinajstić information content (AvgIpc) is 2.86. The van der Waals surface area contributed by atoms with Crippen molar-refractivity contribution < 1.29 is 0 Å². The van der Waals surface area contributed by atoms with E-state index in [0.29, 0.717) is 0 Å². The minimum atomic E-state index is 0.728. The summed E-state index contributed by atoms with van der Waals surface area (Å²) in [7, 11) is 0. The van der Waals surface area contributed by atoms with Crippen LogP contribution >= 0.6 is 27.5 Å². The molecule has 3 aromatic rings. The Labute approximate surface area is 156 Å². The second kappa shape index (κ2) is 7.30. The van der Waals surface area contributed by atoms with Gasteiger partial charge < -0.3 is 10.7 Å². The van der Waals surface area contributed by atoms with E-state index in [9.17, 15) is 0 Å². The number of fused-ring (bicyclic) bond motifs is 1. The lowest BCUT2D eigenvalue weighted by Crippen LogP contribution is -1.99. The zero-order chi connectivity index (χ0) is 17.3. The molecule has 4 heteroatoms. The molecule has 0 fully saturated rings. The molecule has 1 heterocycles. The van der Waals surface area contributed by atoms with Gasteiger partial charge in [-0.2, -0.15) is 0 Å². The number of hydrogen-bond acceptors (Lipinski definition) is 1. The lowest BCUT2D eigenvalue weighted by atomic mass is 9.98. The standard InChI is InChI=1S/C20H22BrClN2/c1-12-7-13(2)9-14(8-12)19-16(5-3-4-6-23)17-10-15(22)11-18(21)20(17)24-19/h7-11,24H,3-6,23H2,1-2H3. The number of nitrogens with one attached hydrogen (secondary N) is 1. The Morgan fingerprint density at radius 2 is 1.75 bits per heavy atom. The van der Waals surface area contributed by atoms with Crippen LogP contribution in [0.5, 0.6) is 0 Å². The Balaban J connectivity index is 2.21. The molecule has 2 aromatic carbocycles. The number of hydrogen-bond donors (Lipinski definition) is 2. The van der Waals surface area contributed by atoms with Gasteiger partial charge in [0, 0.05) is 20.6 Å². The number of halogens is 2. The molecule has 126 valence electrons. The summed E-state index contributed by atoms with van der Waals surface area (Å²) < 4.78 is 1.00. The maximum Gasteiger partial charge on any atom is 0.0607 e. The van der Waals surface area contributed by atoms with Gasteiger partial charge in [-0.05, 0) is 91.0 Å². The number of nitrogens with two attached hydrogens (primary N) is 1. The summed E-state index contributed by atoms with van der Waals surface area (Å²) >= 11 is 9.94. The van der Waals surface area contributed by atoms with E-state index in [1.54, 1.807) is 0 Å². The van der Waals surface area contributed by atoms with Gasteiger partial charge in [-0.15, -0.1) is 0 Å². The van der Waals surface area contributed by atoms with Crippen molar-refractivity contribution in [3.63, 3.8) is 0 Å². The molecule has 3 N–H and O–H groups in total. The van der Waals surface area contributed by atoms with Crippen molar-refractivity contribution in [1.29, 1.82) is 0 Å². The van der Waals surface area contributed by atoms with Crippen molar-refractivity contribution in [3.8, 4) is 11.3 Å². The van der Waals surface area contributed by atoms with Crippen LogP contribution in [-0.4, -0.2) is 11.5 Å². The van der Waals surface area contributed by atoms with Crippen molar-refractivity contribution in [2.75, 3.05) is 6.54 Å². The Morgan fingerprint density at radius 3 is 2.42 bits per heavy atom. The van der Waals surface area contributed by atoms with Gasteiger partial charge in [0.05, 0.1) is 5.52 Å². The number of rotatable bonds is 5. The second-order valence-electron chi connectivity index (χ2n) is 6.41. The summed E-state index contributed by atoms with van der Waals surface area (Å²) in [6, 6.07) is 10.7. The quantitative estimate of drug-likeness (QED) is 0.491. The van der Waals surface area contributed by atoms with E-state index in [1.165, 1.54) is 33.3 Å². The molecule has 0 aliphatic rings. The normalized spacial score (nSPS) is 11.4. The van der Waals surface area contributed by atoms with Crippen molar-refractivity contribution in [3.05, 3.63) is 56.5 Å². The second-order valence-corrected chi connectivity index (χ2v) is 7.70. The first-order chi connectivity index (χ1) is 11.5. The zero-order valence-electron chi connectivity index (χ0n) is 14.0. The number of H-pyrrole nitrogens is 1. The number of aromatic nitrogens is 1. The van der Waals surface area contributed by atoms with Crippen molar-refractivity contribution >= 4 is 38.4 Å². The summed E-state index contributed by atoms with van der Waals surface area (Å²) in [5, 5.41) is 1.95. The summed E-state index contributed by atoms with van der Waals surface area (Å²) in [4.78, 5) is 3.62. The van der Waals surface area contributed by atoms with Gasteiger partial charge in [-0.3, -0.25) is 0 Å². The molecule has 0 amide bonds. The van der Waals surface area contributed by atoms with Gasteiger partial charge in [0.15, 0.2) is 0 Å². The first-order valence-corrected chi connectivity index (χ1v) is 9.45. The molecule has 0 aliphatic carbocycles. The molecule has 24 heavy (non-hydrogen) atoms. The van der Waals surface area contributed by atoms with E-state index < -0.39 is 0 Å². The minimum Gasteiger partial charge on any atom is -0.353 e. The molecule has 0 radical (unpaired) electrons. The lowest BCUT2D eigenvalue weighted by molar-refractivity contribution is 0.748. The molecule has 3 rings (SSSR count). The lowest BCUT2D eigenvalue weighted by Gasteiger charge is -2.08. The van der Waals surface area contributed by atoms with E-state index in [4.69, 9.17) is 17.3 Å². The van der Waals surface area contributed by atoms with Crippen LogP contribution in [0.2, 0.25) is 5.02 Å². The van der Waals surface area contributed by atoms with Crippen LogP contribution < -0.4 is 5.73 Å². The predicted molar refractivity (Wildman–Crippen MR) is 108 cm³/mol. The highest BCUT2D eigenvalue weighted by Crippen LogP contribution is 2.37. The van der Waals surface area contributed by atoms with E-state index in [0.717, 1.165) is 40.8 Å². The van der Waals surface area contributed by atoms with Crippen LogP contribution in [0.3, 0.4) is 0 Å². The molecule has 0 saturated carbocycles. The number of aromatic amines is 1. The smallest absolute Gasteiger partial charge is 0.0607 e. The summed E-state index contributed by atoms with van der Waals surface area (Å²) in [5.41, 5.74) is 13.1. The third kappa shape index (κ3) is 3.53. The van der Waals surface area contributed by atoms with E-state index in [-0.39, 0.29) is 0 Å². The van der Waals surface area contributed by atoms with Crippen LogP contribution in [0.15, 0.2) is 34.8 Å². The maximum atomic E-state index is 6.30. The first kappa shape index (κ1) is 17.5. The Kier molecular flexibility index (Phi) is 5.33. The first-order valence-electron chi connectivity index (χ1n) is 8.28. The zero-order valence-corrected chi connectivity index (χ0v) is 16.4. The molecule has 1 aromatic heterocycles. The van der Waals surface area contributed by atoms with Crippen LogP contribution in [0.1, 0.15) is 29.5 Å². The molecule has 0 aliphatic heterocycles. The molecule has 0 atom stereocenters. The molecular formula is C20H22BrClN2. The number of aryl methyl sites for hydroxylation is 3. The van der Waals surface area contributed by atoms with Gasteiger partial charge >= 0.3 is 0 Å². The molecular weight excluding hydrogens is 384 g/mol. The topological polar surface area (TPSA) is 41.8 Å². The molecule has 0 saturated heterocycles.